The lowest BCUT2D eigenvalue weighted by Gasteiger charge is -2.34. The Hall–Kier alpha value is -3.08. The van der Waals surface area contributed by atoms with E-state index in [0.717, 1.165) is 28.1 Å². The minimum atomic E-state index is -0.255. The van der Waals surface area contributed by atoms with Crippen LogP contribution in [0.5, 0.6) is 5.75 Å². The smallest absolute Gasteiger partial charge is 0.225 e. The maximum absolute atomic E-state index is 13.3. The number of halogens is 2. The Labute approximate surface area is 208 Å². The maximum Gasteiger partial charge on any atom is 0.225 e. The number of hydrogen-bond donors (Lipinski definition) is 1. The van der Waals surface area contributed by atoms with Crippen molar-refractivity contribution in [2.45, 2.75) is 37.7 Å². The molecule has 3 aromatic carbocycles. The molecule has 1 heterocycles. The highest BCUT2D eigenvalue weighted by Crippen LogP contribution is 2.43. The molecule has 2 unspecified atom stereocenters. The molecule has 6 heteroatoms. The molecule has 2 aliphatic rings. The van der Waals surface area contributed by atoms with Crippen molar-refractivity contribution in [2.75, 3.05) is 0 Å². The van der Waals surface area contributed by atoms with Crippen LogP contribution in [0.1, 0.15) is 47.8 Å². The fourth-order valence-electron chi connectivity index (χ4n) is 4.78. The van der Waals surface area contributed by atoms with Gasteiger partial charge in [0.05, 0.1) is 10.0 Å². The summed E-state index contributed by atoms with van der Waals surface area (Å²) in [5, 5.41) is 3.91. The van der Waals surface area contributed by atoms with Crippen molar-refractivity contribution >= 4 is 34.9 Å². The number of carbonyl (C=O) groups is 2. The molecule has 2 atom stereocenters. The number of allylic oxidation sites excluding steroid dienone is 2. The molecule has 0 saturated carbocycles. The number of carbonyl (C=O) groups excluding carboxylic acids is 2. The molecule has 3 aromatic rings. The van der Waals surface area contributed by atoms with Gasteiger partial charge in [-0.3, -0.25) is 9.59 Å². The zero-order valence-corrected chi connectivity index (χ0v) is 19.9. The van der Waals surface area contributed by atoms with Crippen LogP contribution in [-0.4, -0.2) is 11.7 Å². The minimum Gasteiger partial charge on any atom is -0.489 e. The average Bonchev–Trinajstić information content (AvgIpc) is 2.84. The third kappa shape index (κ3) is 4.75. The monoisotopic (exact) mass is 491 g/mol. The standard InChI is InChI=1S/C28H23Cl2NO3/c29-23-11-8-19(12-24(23)30)20-13-25-28(26(32)14-20)22(15-27(33)31-25)18-6-9-21(10-7-18)34-16-17-4-2-1-3-5-17/h1-12,20,22H,13-16H2,(H,31,33). The van der Waals surface area contributed by atoms with E-state index >= 15 is 0 Å². The SMILES string of the molecule is O=C1CC(c2ccc(OCc3ccccc3)cc2)C2=C(CC(c3ccc(Cl)c(Cl)c3)CC2=O)N1. The average molecular weight is 492 g/mol. The van der Waals surface area contributed by atoms with Gasteiger partial charge in [-0.1, -0.05) is 71.7 Å². The summed E-state index contributed by atoms with van der Waals surface area (Å²) in [5.41, 5.74) is 4.42. The van der Waals surface area contributed by atoms with Crippen LogP contribution in [0.4, 0.5) is 0 Å². The van der Waals surface area contributed by atoms with E-state index in [9.17, 15) is 9.59 Å². The number of rotatable bonds is 5. The second kappa shape index (κ2) is 9.65. The molecule has 1 aliphatic carbocycles. The van der Waals surface area contributed by atoms with Crippen LogP contribution in [0.2, 0.25) is 10.0 Å². The predicted molar refractivity (Wildman–Crippen MR) is 133 cm³/mol. The molecule has 0 radical (unpaired) electrons. The van der Waals surface area contributed by atoms with Gasteiger partial charge in [0.25, 0.3) is 0 Å². The summed E-state index contributed by atoms with van der Waals surface area (Å²) in [5.74, 6) is 0.433. The van der Waals surface area contributed by atoms with Crippen LogP contribution in [-0.2, 0) is 16.2 Å². The summed E-state index contributed by atoms with van der Waals surface area (Å²) in [6, 6.07) is 23.1. The van der Waals surface area contributed by atoms with E-state index in [1.165, 1.54) is 0 Å². The van der Waals surface area contributed by atoms with Gasteiger partial charge in [-0.15, -0.1) is 0 Å². The van der Waals surface area contributed by atoms with Crippen molar-refractivity contribution in [3.63, 3.8) is 0 Å². The van der Waals surface area contributed by atoms with Gasteiger partial charge in [-0.2, -0.15) is 0 Å². The number of ketones is 1. The quantitative estimate of drug-likeness (QED) is 0.438. The number of Topliss-reactive ketones (excluding diaryl/α,β-unsaturated/α-hetero) is 1. The topological polar surface area (TPSA) is 55.4 Å². The molecule has 1 N–H and O–H groups in total. The van der Waals surface area contributed by atoms with E-state index < -0.39 is 0 Å². The molecule has 0 aromatic heterocycles. The molecule has 0 fully saturated rings. The molecule has 34 heavy (non-hydrogen) atoms. The molecular weight excluding hydrogens is 469 g/mol. The lowest BCUT2D eigenvalue weighted by atomic mass is 9.73. The van der Waals surface area contributed by atoms with Crippen LogP contribution in [0, 0.1) is 0 Å². The zero-order chi connectivity index (χ0) is 23.7. The van der Waals surface area contributed by atoms with Crippen molar-refractivity contribution < 1.29 is 14.3 Å². The molecular formula is C28H23Cl2NO3. The maximum atomic E-state index is 13.3. The third-order valence-corrected chi connectivity index (χ3v) is 7.22. The molecule has 0 spiro atoms. The second-order valence-electron chi connectivity index (χ2n) is 8.74. The van der Waals surface area contributed by atoms with E-state index in [0.29, 0.717) is 35.1 Å². The summed E-state index contributed by atoms with van der Waals surface area (Å²) >= 11 is 12.2. The normalized spacial score (nSPS) is 20.1. The van der Waals surface area contributed by atoms with Gasteiger partial charge in [0, 0.05) is 30.0 Å². The van der Waals surface area contributed by atoms with E-state index in [-0.39, 0.29) is 29.9 Å². The highest BCUT2D eigenvalue weighted by molar-refractivity contribution is 6.42. The molecule has 1 aliphatic heterocycles. The van der Waals surface area contributed by atoms with Crippen LogP contribution < -0.4 is 10.1 Å². The fraction of sp³-hybridized carbons (Fsp3) is 0.214. The largest absolute Gasteiger partial charge is 0.489 e. The molecule has 5 rings (SSSR count). The molecule has 0 bridgehead atoms. The first-order chi connectivity index (χ1) is 16.5. The van der Waals surface area contributed by atoms with Gasteiger partial charge < -0.3 is 10.1 Å². The highest BCUT2D eigenvalue weighted by atomic mass is 35.5. The number of ether oxygens (including phenoxy) is 1. The molecule has 1 amide bonds. The van der Waals surface area contributed by atoms with Crippen LogP contribution in [0.25, 0.3) is 0 Å². The number of amides is 1. The number of nitrogens with one attached hydrogen (secondary N) is 1. The fourth-order valence-corrected chi connectivity index (χ4v) is 5.09. The summed E-state index contributed by atoms with van der Waals surface area (Å²) in [6.45, 7) is 0.482. The first-order valence-corrected chi connectivity index (χ1v) is 12.0. The van der Waals surface area contributed by atoms with E-state index in [1.807, 2.05) is 66.7 Å². The lowest BCUT2D eigenvalue weighted by molar-refractivity contribution is -0.122. The van der Waals surface area contributed by atoms with E-state index in [2.05, 4.69) is 5.32 Å². The zero-order valence-electron chi connectivity index (χ0n) is 18.4. The van der Waals surface area contributed by atoms with Gasteiger partial charge in [-0.25, -0.2) is 0 Å². The van der Waals surface area contributed by atoms with Crippen molar-refractivity contribution in [2.24, 2.45) is 0 Å². The number of hydrogen-bond acceptors (Lipinski definition) is 3. The lowest BCUT2D eigenvalue weighted by Crippen LogP contribution is -2.38. The Morgan fingerprint density at radius 1 is 0.824 bits per heavy atom. The van der Waals surface area contributed by atoms with Crippen molar-refractivity contribution in [1.82, 2.24) is 5.32 Å². The Morgan fingerprint density at radius 3 is 2.29 bits per heavy atom. The summed E-state index contributed by atoms with van der Waals surface area (Å²) in [4.78, 5) is 25.8. The Morgan fingerprint density at radius 2 is 1.56 bits per heavy atom. The Balaban J connectivity index is 1.36. The van der Waals surface area contributed by atoms with Gasteiger partial charge in [0.1, 0.15) is 12.4 Å². The van der Waals surface area contributed by atoms with Crippen LogP contribution in [0.15, 0.2) is 84.1 Å². The van der Waals surface area contributed by atoms with Crippen LogP contribution >= 0.6 is 23.2 Å². The van der Waals surface area contributed by atoms with Crippen molar-refractivity contribution in [3.05, 3.63) is 111 Å². The van der Waals surface area contributed by atoms with Crippen molar-refractivity contribution in [1.29, 1.82) is 0 Å². The third-order valence-electron chi connectivity index (χ3n) is 6.48. The Kier molecular flexibility index (Phi) is 6.44. The van der Waals surface area contributed by atoms with Crippen molar-refractivity contribution in [3.8, 4) is 5.75 Å². The van der Waals surface area contributed by atoms with Gasteiger partial charge in [-0.05, 0) is 53.3 Å². The summed E-state index contributed by atoms with van der Waals surface area (Å²) < 4.78 is 5.89. The van der Waals surface area contributed by atoms with E-state index in [1.54, 1.807) is 6.07 Å². The van der Waals surface area contributed by atoms with Crippen LogP contribution in [0.3, 0.4) is 0 Å². The molecule has 172 valence electrons. The predicted octanol–water partition coefficient (Wildman–Crippen LogP) is 6.58. The Bertz CT molecular complexity index is 1270. The second-order valence-corrected chi connectivity index (χ2v) is 9.56. The highest BCUT2D eigenvalue weighted by Gasteiger charge is 2.38. The first kappa shape index (κ1) is 22.7. The first-order valence-electron chi connectivity index (χ1n) is 11.3. The van der Waals surface area contributed by atoms with Gasteiger partial charge in [0.2, 0.25) is 5.91 Å². The minimum absolute atomic E-state index is 0.0474. The summed E-state index contributed by atoms with van der Waals surface area (Å²) in [6.07, 6.45) is 1.22. The summed E-state index contributed by atoms with van der Waals surface area (Å²) in [7, 11) is 0. The van der Waals surface area contributed by atoms with Gasteiger partial charge >= 0.3 is 0 Å². The van der Waals surface area contributed by atoms with E-state index in [4.69, 9.17) is 27.9 Å². The van der Waals surface area contributed by atoms with Gasteiger partial charge in [0.15, 0.2) is 5.78 Å². The molecule has 4 nitrogen and oxygen atoms in total. The number of benzene rings is 3. The molecule has 0 saturated heterocycles.